The monoisotopic (exact) mass is 181 g/mol. The lowest BCUT2D eigenvalue weighted by Gasteiger charge is -2.17. The van der Waals surface area contributed by atoms with E-state index in [2.05, 4.69) is 33.4 Å². The maximum Gasteiger partial charge on any atom is 0.0237 e. The van der Waals surface area contributed by atoms with Crippen molar-refractivity contribution in [1.29, 1.82) is 0 Å². The molecule has 0 radical (unpaired) electrons. The number of hydrogen-bond donors (Lipinski definition) is 1. The summed E-state index contributed by atoms with van der Waals surface area (Å²) in [5.74, 6) is 1.63. The third-order valence-corrected chi connectivity index (χ3v) is 2.50. The Morgan fingerprint density at radius 2 is 2.08 bits per heavy atom. The molecule has 1 heteroatoms. The average Bonchev–Trinajstić information content (AvgIpc) is 2.03. The van der Waals surface area contributed by atoms with Gasteiger partial charge in [0.25, 0.3) is 0 Å². The Kier molecular flexibility index (Phi) is 6.38. The van der Waals surface area contributed by atoms with E-state index in [9.17, 15) is 0 Å². The van der Waals surface area contributed by atoms with Crippen LogP contribution in [0.5, 0.6) is 0 Å². The van der Waals surface area contributed by atoms with Gasteiger partial charge >= 0.3 is 0 Å². The van der Waals surface area contributed by atoms with E-state index in [1.54, 1.807) is 0 Å². The standard InChI is InChI=1S/C12H23N/c1-5-12(10(2)3)9-7-6-8-11(4)13/h6,8,10,12H,4-5,7,9,13H2,1-3H3/b8-6-. The van der Waals surface area contributed by atoms with Crippen LogP contribution in [0.4, 0.5) is 0 Å². The van der Waals surface area contributed by atoms with E-state index in [0.717, 1.165) is 18.3 Å². The molecule has 0 aliphatic heterocycles. The summed E-state index contributed by atoms with van der Waals surface area (Å²) in [7, 11) is 0. The third kappa shape index (κ3) is 6.44. The molecular formula is C12H23N. The normalized spacial score (nSPS) is 13.8. The smallest absolute Gasteiger partial charge is 0.0237 e. The number of rotatable bonds is 6. The van der Waals surface area contributed by atoms with Crippen molar-refractivity contribution in [3.8, 4) is 0 Å². The van der Waals surface area contributed by atoms with Gasteiger partial charge in [-0.05, 0) is 30.8 Å². The Morgan fingerprint density at radius 1 is 1.46 bits per heavy atom. The molecule has 0 heterocycles. The second-order valence-corrected chi connectivity index (χ2v) is 3.97. The minimum absolute atomic E-state index is 0.651. The van der Waals surface area contributed by atoms with Crippen LogP contribution in [0.15, 0.2) is 24.4 Å². The summed E-state index contributed by atoms with van der Waals surface area (Å²) in [5.41, 5.74) is 6.07. The van der Waals surface area contributed by atoms with Crippen LogP contribution in [0.3, 0.4) is 0 Å². The van der Waals surface area contributed by atoms with Crippen molar-refractivity contribution in [3.05, 3.63) is 24.4 Å². The topological polar surface area (TPSA) is 26.0 Å². The predicted octanol–water partition coefficient (Wildman–Crippen LogP) is 3.48. The fourth-order valence-electron chi connectivity index (χ4n) is 1.55. The summed E-state index contributed by atoms with van der Waals surface area (Å²) in [5, 5.41) is 0. The van der Waals surface area contributed by atoms with E-state index in [4.69, 9.17) is 5.73 Å². The molecule has 0 fully saturated rings. The molecule has 1 nitrogen and oxygen atoms in total. The summed E-state index contributed by atoms with van der Waals surface area (Å²) < 4.78 is 0. The molecule has 13 heavy (non-hydrogen) atoms. The maximum atomic E-state index is 5.42. The second kappa shape index (κ2) is 6.76. The SMILES string of the molecule is C=C(N)/C=C\CCC(CC)C(C)C. The summed E-state index contributed by atoms with van der Waals surface area (Å²) in [6.45, 7) is 10.5. The number of hydrogen-bond acceptors (Lipinski definition) is 1. The van der Waals surface area contributed by atoms with Crippen molar-refractivity contribution in [2.45, 2.75) is 40.0 Å². The third-order valence-electron chi connectivity index (χ3n) is 2.50. The van der Waals surface area contributed by atoms with E-state index in [-0.39, 0.29) is 0 Å². The molecular weight excluding hydrogens is 158 g/mol. The van der Waals surface area contributed by atoms with Crippen molar-refractivity contribution in [1.82, 2.24) is 0 Å². The largest absolute Gasteiger partial charge is 0.399 e. The highest BCUT2D eigenvalue weighted by Crippen LogP contribution is 2.20. The van der Waals surface area contributed by atoms with Gasteiger partial charge in [-0.15, -0.1) is 0 Å². The molecule has 1 unspecified atom stereocenters. The van der Waals surface area contributed by atoms with Gasteiger partial charge in [-0.25, -0.2) is 0 Å². The Bertz CT molecular complexity index is 168. The summed E-state index contributed by atoms with van der Waals surface area (Å²) >= 11 is 0. The molecule has 0 saturated carbocycles. The highest BCUT2D eigenvalue weighted by molar-refractivity contribution is 5.09. The first kappa shape index (κ1) is 12.3. The van der Waals surface area contributed by atoms with E-state index >= 15 is 0 Å². The molecule has 0 spiro atoms. The van der Waals surface area contributed by atoms with E-state index in [0.29, 0.717) is 5.70 Å². The molecule has 2 N–H and O–H groups in total. The quantitative estimate of drug-likeness (QED) is 0.624. The van der Waals surface area contributed by atoms with Gasteiger partial charge in [0, 0.05) is 5.70 Å². The lowest BCUT2D eigenvalue weighted by atomic mass is 9.89. The number of nitrogens with two attached hydrogens (primary N) is 1. The Hall–Kier alpha value is -0.720. The minimum Gasteiger partial charge on any atom is -0.399 e. The molecule has 0 amide bonds. The van der Waals surface area contributed by atoms with Crippen LogP contribution in [0.25, 0.3) is 0 Å². The molecule has 0 aromatic carbocycles. The number of allylic oxidation sites excluding steroid dienone is 2. The lowest BCUT2D eigenvalue weighted by Crippen LogP contribution is -2.06. The van der Waals surface area contributed by atoms with Crippen LogP contribution in [-0.2, 0) is 0 Å². The summed E-state index contributed by atoms with van der Waals surface area (Å²) in [6, 6.07) is 0. The van der Waals surface area contributed by atoms with Crippen LogP contribution in [-0.4, -0.2) is 0 Å². The van der Waals surface area contributed by atoms with Gasteiger partial charge in [-0.3, -0.25) is 0 Å². The molecule has 1 atom stereocenters. The first-order valence-electron chi connectivity index (χ1n) is 5.18. The van der Waals surface area contributed by atoms with Gasteiger partial charge < -0.3 is 5.73 Å². The van der Waals surface area contributed by atoms with E-state index in [1.165, 1.54) is 12.8 Å². The lowest BCUT2D eigenvalue weighted by molar-refractivity contribution is 0.351. The van der Waals surface area contributed by atoms with Crippen molar-refractivity contribution in [3.63, 3.8) is 0 Å². The first-order valence-corrected chi connectivity index (χ1v) is 5.18. The van der Waals surface area contributed by atoms with Crippen LogP contribution >= 0.6 is 0 Å². The Balaban J connectivity index is 3.67. The van der Waals surface area contributed by atoms with E-state index in [1.807, 2.05) is 6.08 Å². The molecule has 0 bridgehead atoms. The zero-order chi connectivity index (χ0) is 10.3. The van der Waals surface area contributed by atoms with E-state index < -0.39 is 0 Å². The predicted molar refractivity (Wildman–Crippen MR) is 60.3 cm³/mol. The van der Waals surface area contributed by atoms with Gasteiger partial charge in [0.15, 0.2) is 0 Å². The van der Waals surface area contributed by atoms with Gasteiger partial charge in [0.05, 0.1) is 0 Å². The molecule has 76 valence electrons. The van der Waals surface area contributed by atoms with Crippen molar-refractivity contribution in [2.24, 2.45) is 17.6 Å². The minimum atomic E-state index is 0.651. The molecule has 0 aromatic rings. The second-order valence-electron chi connectivity index (χ2n) is 3.97. The average molecular weight is 181 g/mol. The zero-order valence-corrected chi connectivity index (χ0v) is 9.22. The Morgan fingerprint density at radius 3 is 2.46 bits per heavy atom. The highest BCUT2D eigenvalue weighted by atomic mass is 14.5. The fourth-order valence-corrected chi connectivity index (χ4v) is 1.55. The zero-order valence-electron chi connectivity index (χ0n) is 9.22. The van der Waals surface area contributed by atoms with Crippen molar-refractivity contribution < 1.29 is 0 Å². The molecule has 0 aromatic heterocycles. The van der Waals surface area contributed by atoms with Crippen LogP contribution in [0.2, 0.25) is 0 Å². The van der Waals surface area contributed by atoms with Crippen LogP contribution in [0, 0.1) is 11.8 Å². The van der Waals surface area contributed by atoms with Gasteiger partial charge in [-0.1, -0.05) is 39.8 Å². The molecule has 0 saturated heterocycles. The summed E-state index contributed by atoms with van der Waals surface area (Å²) in [4.78, 5) is 0. The van der Waals surface area contributed by atoms with Gasteiger partial charge in [0.1, 0.15) is 0 Å². The van der Waals surface area contributed by atoms with Crippen LogP contribution < -0.4 is 5.73 Å². The van der Waals surface area contributed by atoms with Crippen molar-refractivity contribution in [2.75, 3.05) is 0 Å². The van der Waals surface area contributed by atoms with Crippen molar-refractivity contribution >= 4 is 0 Å². The highest BCUT2D eigenvalue weighted by Gasteiger charge is 2.08. The molecule has 0 aliphatic carbocycles. The maximum absolute atomic E-state index is 5.42. The fraction of sp³-hybridized carbons (Fsp3) is 0.667. The Labute approximate surface area is 82.7 Å². The van der Waals surface area contributed by atoms with Crippen LogP contribution in [0.1, 0.15) is 40.0 Å². The summed E-state index contributed by atoms with van der Waals surface area (Å²) in [6.07, 6.45) is 7.67. The molecule has 0 rings (SSSR count). The van der Waals surface area contributed by atoms with Gasteiger partial charge in [0.2, 0.25) is 0 Å². The first-order chi connectivity index (χ1) is 6.07. The molecule has 0 aliphatic rings. The van der Waals surface area contributed by atoms with Gasteiger partial charge in [-0.2, -0.15) is 0 Å².